The maximum Gasteiger partial charge on any atom is 0.433 e. The van der Waals surface area contributed by atoms with E-state index in [1.165, 1.54) is 27.9 Å². The number of fused-ring (bicyclic) bond motifs is 1. The summed E-state index contributed by atoms with van der Waals surface area (Å²) >= 11 is 0. The number of pyridine rings is 1. The van der Waals surface area contributed by atoms with E-state index < -0.39 is 23.8 Å². The molecule has 0 bridgehead atoms. The van der Waals surface area contributed by atoms with Crippen LogP contribution in [0.15, 0.2) is 42.6 Å². The van der Waals surface area contributed by atoms with Gasteiger partial charge in [-0.15, -0.1) is 5.10 Å². The molecule has 0 radical (unpaired) electrons. The van der Waals surface area contributed by atoms with Crippen LogP contribution in [0.1, 0.15) is 34.5 Å². The van der Waals surface area contributed by atoms with Crippen molar-refractivity contribution in [2.75, 3.05) is 0 Å². The van der Waals surface area contributed by atoms with E-state index in [4.69, 9.17) is 0 Å². The van der Waals surface area contributed by atoms with E-state index in [1.807, 2.05) is 0 Å². The van der Waals surface area contributed by atoms with Crippen LogP contribution in [-0.4, -0.2) is 48.6 Å². The third-order valence-electron chi connectivity index (χ3n) is 5.57. The van der Waals surface area contributed by atoms with Crippen LogP contribution in [0.3, 0.4) is 0 Å². The minimum Gasteiger partial charge on any atom is -0.322 e. The highest BCUT2D eigenvalue weighted by Crippen LogP contribution is 2.30. The number of imide groups is 1. The van der Waals surface area contributed by atoms with Gasteiger partial charge in [-0.1, -0.05) is 11.3 Å². The third kappa shape index (κ3) is 3.73. The number of halogens is 3. The number of carbonyl (C=O) groups is 3. The van der Waals surface area contributed by atoms with Gasteiger partial charge in [0.25, 0.3) is 5.91 Å². The van der Waals surface area contributed by atoms with Gasteiger partial charge in [0.2, 0.25) is 11.8 Å². The van der Waals surface area contributed by atoms with Gasteiger partial charge >= 0.3 is 6.18 Å². The zero-order valence-electron chi connectivity index (χ0n) is 16.8. The van der Waals surface area contributed by atoms with Gasteiger partial charge in [-0.25, -0.2) is 9.67 Å². The Morgan fingerprint density at radius 3 is 2.64 bits per heavy atom. The molecular weight excluding hydrogens is 441 g/mol. The van der Waals surface area contributed by atoms with E-state index in [-0.39, 0.29) is 42.6 Å². The first kappa shape index (κ1) is 20.8. The molecule has 1 unspecified atom stereocenters. The smallest absolute Gasteiger partial charge is 0.322 e. The highest BCUT2D eigenvalue weighted by molar-refractivity contribution is 6.05. The summed E-state index contributed by atoms with van der Waals surface area (Å²) in [5.41, 5.74) is 0.788. The van der Waals surface area contributed by atoms with Gasteiger partial charge in [-0.2, -0.15) is 13.2 Å². The molecule has 168 valence electrons. The minimum absolute atomic E-state index is 0.0245. The number of benzene rings is 1. The fraction of sp³-hybridized carbons (Fsp3) is 0.238. The summed E-state index contributed by atoms with van der Waals surface area (Å²) in [7, 11) is 0. The van der Waals surface area contributed by atoms with Crippen LogP contribution in [-0.2, 0) is 22.3 Å². The number of carbonyl (C=O) groups excluding carboxylic acids is 3. The Morgan fingerprint density at radius 2 is 1.88 bits per heavy atom. The highest BCUT2D eigenvalue weighted by Gasteiger charge is 2.39. The van der Waals surface area contributed by atoms with Crippen molar-refractivity contribution in [1.29, 1.82) is 0 Å². The number of rotatable bonds is 3. The lowest BCUT2D eigenvalue weighted by Gasteiger charge is -2.29. The summed E-state index contributed by atoms with van der Waals surface area (Å²) in [6, 6.07) is 7.73. The first-order valence-corrected chi connectivity index (χ1v) is 9.95. The summed E-state index contributed by atoms with van der Waals surface area (Å²) in [5, 5.41) is 10.1. The van der Waals surface area contributed by atoms with Crippen molar-refractivity contribution in [2.45, 2.75) is 31.6 Å². The average Bonchev–Trinajstić information content (AvgIpc) is 3.39. The lowest BCUT2D eigenvalue weighted by molar-refractivity contribution is -0.141. The average molecular weight is 456 g/mol. The van der Waals surface area contributed by atoms with Crippen molar-refractivity contribution in [2.24, 2.45) is 0 Å². The summed E-state index contributed by atoms with van der Waals surface area (Å²) in [4.78, 5) is 41.4. The number of alkyl halides is 3. The first-order valence-electron chi connectivity index (χ1n) is 9.95. The van der Waals surface area contributed by atoms with Crippen molar-refractivity contribution < 1.29 is 27.6 Å². The topological polar surface area (TPSA) is 110 Å². The van der Waals surface area contributed by atoms with Gasteiger partial charge < -0.3 is 4.90 Å². The number of piperidine rings is 1. The molecular formula is C21H15F3N6O3. The van der Waals surface area contributed by atoms with E-state index in [1.54, 1.807) is 18.2 Å². The Kier molecular flexibility index (Phi) is 4.73. The van der Waals surface area contributed by atoms with Crippen molar-refractivity contribution >= 4 is 17.7 Å². The fourth-order valence-electron chi connectivity index (χ4n) is 3.95. The van der Waals surface area contributed by atoms with Crippen LogP contribution in [0.4, 0.5) is 13.2 Å². The molecule has 3 amide bonds. The number of nitrogens with one attached hydrogen (secondary N) is 1. The molecule has 2 aromatic heterocycles. The summed E-state index contributed by atoms with van der Waals surface area (Å²) in [6.07, 6.45) is -2.72. The Morgan fingerprint density at radius 1 is 1.06 bits per heavy atom. The highest BCUT2D eigenvalue weighted by atomic mass is 19.4. The minimum atomic E-state index is -4.58. The normalized spacial score (nSPS) is 18.5. The lowest BCUT2D eigenvalue weighted by Crippen LogP contribution is -2.52. The fourth-order valence-corrected chi connectivity index (χ4v) is 3.95. The van der Waals surface area contributed by atoms with Gasteiger partial charge in [0.15, 0.2) is 0 Å². The number of nitrogens with zero attached hydrogens (tertiary/aromatic N) is 5. The van der Waals surface area contributed by atoms with E-state index in [2.05, 4.69) is 20.6 Å². The molecule has 12 heteroatoms. The van der Waals surface area contributed by atoms with E-state index in [0.29, 0.717) is 16.8 Å². The van der Waals surface area contributed by atoms with Crippen LogP contribution < -0.4 is 5.32 Å². The first-order chi connectivity index (χ1) is 15.7. The predicted octanol–water partition coefficient (Wildman–Crippen LogP) is 2.11. The molecule has 9 nitrogen and oxygen atoms in total. The van der Waals surface area contributed by atoms with Crippen LogP contribution >= 0.6 is 0 Å². The molecule has 1 aromatic carbocycles. The number of hydrogen-bond acceptors (Lipinski definition) is 6. The predicted molar refractivity (Wildman–Crippen MR) is 106 cm³/mol. The van der Waals surface area contributed by atoms with Gasteiger partial charge in [-0.3, -0.25) is 19.7 Å². The summed E-state index contributed by atoms with van der Waals surface area (Å²) in [6.45, 7) is 0.186. The van der Waals surface area contributed by atoms with Crippen molar-refractivity contribution in [3.63, 3.8) is 0 Å². The zero-order valence-corrected chi connectivity index (χ0v) is 16.8. The van der Waals surface area contributed by atoms with Crippen LogP contribution in [0, 0.1) is 0 Å². The SMILES string of the molecule is O=C1CCC(N2Cc3cc(-n4cc(-c5cccc(C(F)(F)F)n5)nn4)ccc3C2=O)C(=O)N1. The third-order valence-corrected chi connectivity index (χ3v) is 5.57. The van der Waals surface area contributed by atoms with Crippen molar-refractivity contribution in [3.05, 3.63) is 59.4 Å². The van der Waals surface area contributed by atoms with Crippen LogP contribution in [0.5, 0.6) is 0 Å². The Balaban J connectivity index is 1.40. The molecule has 2 aliphatic rings. The largest absolute Gasteiger partial charge is 0.433 e. The molecule has 0 aliphatic carbocycles. The summed E-state index contributed by atoms with van der Waals surface area (Å²) in [5.74, 6) is -1.17. The monoisotopic (exact) mass is 456 g/mol. The van der Waals surface area contributed by atoms with Crippen molar-refractivity contribution in [3.8, 4) is 17.1 Å². The zero-order chi connectivity index (χ0) is 23.3. The molecule has 2 aliphatic heterocycles. The quantitative estimate of drug-likeness (QED) is 0.605. The maximum absolute atomic E-state index is 12.9. The second-order valence-corrected chi connectivity index (χ2v) is 7.70. The molecule has 1 N–H and O–H groups in total. The molecule has 33 heavy (non-hydrogen) atoms. The molecule has 1 fully saturated rings. The Hall–Kier alpha value is -4.09. The van der Waals surface area contributed by atoms with E-state index >= 15 is 0 Å². The summed E-state index contributed by atoms with van der Waals surface area (Å²) < 4.78 is 40.2. The van der Waals surface area contributed by atoms with Gasteiger partial charge in [0.05, 0.1) is 17.6 Å². The molecule has 0 saturated carbocycles. The van der Waals surface area contributed by atoms with E-state index in [9.17, 15) is 27.6 Å². The Labute approximate surface area is 184 Å². The van der Waals surface area contributed by atoms with Gasteiger partial charge in [-0.05, 0) is 42.3 Å². The van der Waals surface area contributed by atoms with E-state index in [0.717, 1.165) is 6.07 Å². The van der Waals surface area contributed by atoms with Gasteiger partial charge in [0.1, 0.15) is 17.4 Å². The number of amides is 3. The van der Waals surface area contributed by atoms with Gasteiger partial charge in [0, 0.05) is 18.5 Å². The molecule has 1 saturated heterocycles. The number of hydrogen-bond donors (Lipinski definition) is 1. The maximum atomic E-state index is 12.9. The molecule has 5 rings (SSSR count). The second-order valence-electron chi connectivity index (χ2n) is 7.70. The van der Waals surface area contributed by atoms with Crippen molar-refractivity contribution in [1.82, 2.24) is 30.2 Å². The molecule has 1 atom stereocenters. The standard InChI is InChI=1S/C21H15F3N6O3/c22-21(23,24)17-3-1-2-14(25-17)15-10-30(28-27-15)12-4-5-13-11(8-12)9-29(20(13)33)16-6-7-18(31)26-19(16)32/h1-5,8,10,16H,6-7,9H2,(H,26,31,32). The molecule has 3 aromatic rings. The molecule has 4 heterocycles. The second kappa shape index (κ2) is 7.50. The Bertz CT molecular complexity index is 1300. The lowest BCUT2D eigenvalue weighted by atomic mass is 10.0. The van der Waals surface area contributed by atoms with Crippen LogP contribution in [0.25, 0.3) is 17.1 Å². The number of aromatic nitrogens is 4. The molecule has 0 spiro atoms. The van der Waals surface area contributed by atoms with Crippen LogP contribution in [0.2, 0.25) is 0 Å².